The maximum atomic E-state index is 15.2. The number of halogens is 1. The van der Waals surface area contributed by atoms with Gasteiger partial charge in [-0.25, -0.2) is 4.79 Å². The van der Waals surface area contributed by atoms with Crippen molar-refractivity contribution in [1.82, 2.24) is 63.1 Å². The number of ether oxygens (including phenoxy) is 1. The maximum absolute atomic E-state index is 15.2. The molecule has 0 radical (unpaired) electrons. The number of fused-ring (bicyclic) bond motifs is 1. The number of guanidine groups is 1. The first kappa shape index (κ1) is 84.0. The van der Waals surface area contributed by atoms with Crippen molar-refractivity contribution in [3.05, 3.63) is 143 Å². The van der Waals surface area contributed by atoms with E-state index in [-0.39, 0.29) is 101 Å². The number of likely N-dealkylation sites (tertiary alicyclic amines) is 1. The van der Waals surface area contributed by atoms with Gasteiger partial charge in [0.25, 0.3) is 0 Å². The molecule has 32 heteroatoms. The van der Waals surface area contributed by atoms with Gasteiger partial charge in [-0.3, -0.25) is 62.7 Å². The van der Waals surface area contributed by atoms with Crippen molar-refractivity contribution < 1.29 is 67.4 Å². The monoisotopic (exact) mass is 1490 g/mol. The number of nitrogens with one attached hydrogen (secondary N) is 10. The fraction of sp³-hybridized carbons (Fsp3) is 0.459. The summed E-state index contributed by atoms with van der Waals surface area (Å²) in [5.74, 6) is -9.40. The second-order valence-electron chi connectivity index (χ2n) is 27.6. The highest BCUT2D eigenvalue weighted by Gasteiger charge is 2.41. The van der Waals surface area contributed by atoms with Crippen LogP contribution in [0.25, 0.3) is 10.8 Å². The van der Waals surface area contributed by atoms with E-state index in [1.807, 2.05) is 42.5 Å². The number of carbonyl (C=O) groups excluding carboxylic acids is 12. The summed E-state index contributed by atoms with van der Waals surface area (Å²) in [7, 11) is 0. The Hall–Kier alpha value is -10.9. The Balaban J connectivity index is 1.30. The number of primary amides is 2. The molecule has 6 rings (SSSR count). The Labute approximate surface area is 620 Å². The predicted molar refractivity (Wildman–Crippen MR) is 397 cm³/mol. The molecule has 0 spiro atoms. The number of aliphatic imine (C=N–C) groups is 1. The molecular formula is C74H100ClN17O14. The first-order valence-electron chi connectivity index (χ1n) is 35.1. The predicted octanol–water partition coefficient (Wildman–Crippen LogP) is 1.11. The highest BCUT2D eigenvalue weighted by Crippen LogP contribution is 2.23. The Morgan fingerprint density at radius 3 is 1.64 bits per heavy atom. The summed E-state index contributed by atoms with van der Waals surface area (Å²) < 4.78 is 6.14. The number of pyridine rings is 1. The lowest BCUT2D eigenvalue weighted by atomic mass is 9.99. The van der Waals surface area contributed by atoms with Crippen molar-refractivity contribution in [1.29, 1.82) is 0 Å². The molecule has 5 aromatic rings. The number of nitrogens with zero attached hydrogens (tertiary/aromatic N) is 3. The van der Waals surface area contributed by atoms with Crippen LogP contribution in [-0.2, 0) is 83.2 Å². The van der Waals surface area contributed by atoms with E-state index in [1.165, 1.54) is 55.4 Å². The third kappa shape index (κ3) is 28.3. The molecule has 10 atom stereocenters. The van der Waals surface area contributed by atoms with Gasteiger partial charge in [0.1, 0.15) is 66.2 Å². The van der Waals surface area contributed by atoms with E-state index in [2.05, 4.69) is 63.1 Å². The molecule has 106 heavy (non-hydrogen) atoms. The second kappa shape index (κ2) is 40.9. The molecule has 1 aliphatic rings. The number of phenols is 1. The topological polar surface area (TPSA) is 487 Å². The summed E-state index contributed by atoms with van der Waals surface area (Å²) in [6.07, 6.45) is 2.92. The largest absolute Gasteiger partial charge is 0.508 e. The van der Waals surface area contributed by atoms with E-state index in [1.54, 1.807) is 71.0 Å². The summed E-state index contributed by atoms with van der Waals surface area (Å²) in [4.78, 5) is 178. The number of aromatic nitrogens is 1. The van der Waals surface area contributed by atoms with E-state index >= 15 is 19.2 Å². The molecule has 1 saturated heterocycles. The third-order valence-corrected chi connectivity index (χ3v) is 17.4. The lowest BCUT2D eigenvalue weighted by Gasteiger charge is -2.31. The van der Waals surface area contributed by atoms with Gasteiger partial charge in [0.15, 0.2) is 5.96 Å². The summed E-state index contributed by atoms with van der Waals surface area (Å²) in [6, 6.07) is 14.2. The number of amides is 13. The molecule has 0 bridgehead atoms. The zero-order valence-corrected chi connectivity index (χ0v) is 61.5. The number of benzene rings is 4. The smallest absolute Gasteiger partial charge is 0.312 e. The van der Waals surface area contributed by atoms with Crippen molar-refractivity contribution in [3.63, 3.8) is 0 Å². The molecule has 0 saturated carbocycles. The summed E-state index contributed by atoms with van der Waals surface area (Å²) in [5.41, 5.74) is 23.1. The van der Waals surface area contributed by atoms with Crippen LogP contribution >= 0.6 is 11.6 Å². The first-order chi connectivity index (χ1) is 50.2. The van der Waals surface area contributed by atoms with Gasteiger partial charge in [0.05, 0.1) is 12.2 Å². The molecular weight excluding hydrogens is 1390 g/mol. The molecule has 31 nitrogen and oxygen atoms in total. The lowest BCUT2D eigenvalue weighted by molar-refractivity contribution is -0.142. The number of hydrogen-bond donors (Lipinski definition) is 15. The number of hydrogen-bond acceptors (Lipinski definition) is 16. The van der Waals surface area contributed by atoms with E-state index < -0.39 is 144 Å². The second-order valence-corrected chi connectivity index (χ2v) is 28.0. The zero-order chi connectivity index (χ0) is 77.8. The van der Waals surface area contributed by atoms with Crippen molar-refractivity contribution in [2.24, 2.45) is 33.8 Å². The molecule has 572 valence electrons. The molecule has 0 aliphatic carbocycles. The number of rotatable bonds is 39. The van der Waals surface area contributed by atoms with Crippen LogP contribution in [0.4, 0.5) is 4.79 Å². The van der Waals surface area contributed by atoms with Crippen LogP contribution in [0, 0.1) is 5.92 Å². The summed E-state index contributed by atoms with van der Waals surface area (Å²) in [6.45, 7) is 10.9. The van der Waals surface area contributed by atoms with Crippen LogP contribution in [-0.4, -0.2) is 184 Å². The van der Waals surface area contributed by atoms with Gasteiger partial charge >= 0.3 is 6.03 Å². The van der Waals surface area contributed by atoms with Gasteiger partial charge in [0.2, 0.25) is 65.0 Å². The Morgan fingerprint density at radius 2 is 1.08 bits per heavy atom. The van der Waals surface area contributed by atoms with E-state index in [9.17, 15) is 43.5 Å². The van der Waals surface area contributed by atoms with Crippen molar-refractivity contribution in [2.75, 3.05) is 26.2 Å². The van der Waals surface area contributed by atoms with Gasteiger partial charge in [0, 0.05) is 69.7 Å². The number of aromatic hydroxyl groups is 1. The van der Waals surface area contributed by atoms with Gasteiger partial charge < -0.3 is 90.8 Å². The third-order valence-electron chi connectivity index (χ3n) is 17.2. The molecule has 4 aromatic carbocycles. The average molecular weight is 1490 g/mol. The van der Waals surface area contributed by atoms with Crippen LogP contribution in [0.2, 0.25) is 5.02 Å². The van der Waals surface area contributed by atoms with Gasteiger partial charge in [-0.1, -0.05) is 98.2 Å². The van der Waals surface area contributed by atoms with Crippen molar-refractivity contribution in [2.45, 2.75) is 185 Å². The molecule has 1 fully saturated rings. The Kier molecular flexibility index (Phi) is 32.4. The quantitative estimate of drug-likeness (QED) is 0.0149. The normalized spacial score (nSPS) is 15.3. The average Bonchev–Trinajstić information content (AvgIpc) is 1.72. The van der Waals surface area contributed by atoms with Crippen LogP contribution in [0.1, 0.15) is 116 Å². The first-order valence-corrected chi connectivity index (χ1v) is 35.5. The van der Waals surface area contributed by atoms with E-state index in [4.69, 9.17) is 39.3 Å². The van der Waals surface area contributed by atoms with Gasteiger partial charge in [-0.05, 0) is 142 Å². The number of phenolic OH excluding ortho intramolecular Hbond substituents is 1. The van der Waals surface area contributed by atoms with Gasteiger partial charge in [-0.2, -0.15) is 0 Å². The van der Waals surface area contributed by atoms with Crippen LogP contribution in [0.15, 0.2) is 121 Å². The molecule has 0 unspecified atom stereocenters. The molecule has 1 aliphatic heterocycles. The fourth-order valence-electron chi connectivity index (χ4n) is 11.7. The molecule has 19 N–H and O–H groups in total. The molecule has 2 heterocycles. The lowest BCUT2D eigenvalue weighted by Crippen LogP contribution is -2.62. The van der Waals surface area contributed by atoms with E-state index in [0.717, 1.165) is 10.8 Å². The minimum atomic E-state index is -1.65. The minimum absolute atomic E-state index is 0.0133. The Morgan fingerprint density at radius 1 is 0.585 bits per heavy atom. The summed E-state index contributed by atoms with van der Waals surface area (Å²) in [5, 5.41) is 39.5. The standard InChI is InChI=1S/C74H100ClN17O14/c1-42(2)34-55(64(97)86-54(18-12-31-81-72(77)78)71(104)92-33-13-19-61(92)70(103)83-43(3)62(76)95)87-63(96)53(17-11-32-82-73(79)105)85-66(99)57(37-46-23-28-52(94)29-24-46)90-69(102)60(41-106-74(5,6)7)91-68(101)59(39-48-14-10-30-80-40-48)89-67(100)58(36-45-21-26-51(75)27-22-45)88-65(98)56(84-44(4)93)38-47-20-25-49-15-8-9-16-50(49)35-47/h8-10,14-16,20-30,35,40,42-43,53-61,94H,11-13,17-19,31-34,36-39,41H2,1-7H3,(H2,76,95)(H,83,103)(H,84,93)(H,85,99)(H,86,97)(H,87,96)(H,88,98)(H,89,100)(H,90,102)(H,91,101)(H4,77,78,81)(H3,79,82,105)/t43-,53-,54+,55+,56-,57+,58-,59-,60+,61+/m1/s1. The number of nitrogens with two attached hydrogens (primary N) is 4. The van der Waals surface area contributed by atoms with Crippen LogP contribution in [0.3, 0.4) is 0 Å². The van der Waals surface area contributed by atoms with E-state index in [0.29, 0.717) is 33.7 Å². The van der Waals surface area contributed by atoms with Crippen molar-refractivity contribution in [3.8, 4) is 5.75 Å². The maximum Gasteiger partial charge on any atom is 0.312 e. The minimum Gasteiger partial charge on any atom is -0.508 e. The highest BCUT2D eigenvalue weighted by atomic mass is 35.5. The number of carbonyl (C=O) groups is 12. The van der Waals surface area contributed by atoms with Crippen LogP contribution in [0.5, 0.6) is 5.75 Å². The van der Waals surface area contributed by atoms with Crippen LogP contribution < -0.4 is 76.1 Å². The number of urea groups is 1. The highest BCUT2D eigenvalue weighted by molar-refractivity contribution is 6.30. The zero-order valence-electron chi connectivity index (χ0n) is 60.7. The SMILES string of the molecule is CC(=O)N[C@H](Cc1ccc2ccccc2c1)C(=O)N[C@H](Cc1ccc(Cl)cc1)C(=O)N[C@H](Cc1cccnc1)C(=O)N[C@@H](COC(C)(C)C)C(=O)N[C@@H](Cc1ccc(O)cc1)C(=O)N[C@H](CCCNC(N)=O)C(=O)N[C@@H](CC(C)C)C(=O)N[C@@H](CCCN=C(N)N)C(=O)N1CCC[C@H]1C(=O)N[C@H](C)C(N)=O. The fourth-order valence-corrected chi connectivity index (χ4v) is 11.8. The molecule has 13 amide bonds. The molecule has 1 aromatic heterocycles. The van der Waals surface area contributed by atoms with Gasteiger partial charge in [-0.15, -0.1) is 0 Å². The summed E-state index contributed by atoms with van der Waals surface area (Å²) >= 11 is 6.27. The Bertz CT molecular complexity index is 3890. The van der Waals surface area contributed by atoms with Crippen molar-refractivity contribution >= 4 is 99.3 Å².